The Balaban J connectivity index is 1.43. The molecule has 27 heavy (non-hydrogen) atoms. The van der Waals surface area contributed by atoms with E-state index in [-0.39, 0.29) is 30.9 Å². The Bertz CT molecular complexity index is 811. The zero-order valence-corrected chi connectivity index (χ0v) is 15.6. The van der Waals surface area contributed by atoms with Crippen molar-refractivity contribution in [3.05, 3.63) is 54.1 Å². The van der Waals surface area contributed by atoms with Crippen molar-refractivity contribution in [1.82, 2.24) is 4.90 Å². The lowest BCUT2D eigenvalue weighted by Gasteiger charge is -2.39. The van der Waals surface area contributed by atoms with Crippen LogP contribution in [0.2, 0.25) is 0 Å². The van der Waals surface area contributed by atoms with Crippen LogP contribution in [0, 0.1) is 0 Å². The van der Waals surface area contributed by atoms with Crippen LogP contribution in [0.5, 0.6) is 11.5 Å². The van der Waals surface area contributed by atoms with Gasteiger partial charge in [0, 0.05) is 24.8 Å². The molecule has 0 saturated carbocycles. The summed E-state index contributed by atoms with van der Waals surface area (Å²) < 4.78 is 16.8. The van der Waals surface area contributed by atoms with E-state index in [1.807, 2.05) is 44.2 Å². The predicted octanol–water partition coefficient (Wildman–Crippen LogP) is 3.20. The molecule has 2 heterocycles. The van der Waals surface area contributed by atoms with Crippen molar-refractivity contribution in [1.29, 1.82) is 0 Å². The van der Waals surface area contributed by atoms with Crippen LogP contribution in [-0.4, -0.2) is 42.8 Å². The van der Waals surface area contributed by atoms with E-state index in [9.17, 15) is 4.79 Å². The number of hydrogen-bond donors (Lipinski definition) is 1. The molecule has 4 rings (SSSR count). The molecule has 3 unspecified atom stereocenters. The van der Waals surface area contributed by atoms with Gasteiger partial charge in [0.2, 0.25) is 12.7 Å². The van der Waals surface area contributed by atoms with Crippen LogP contribution in [-0.2, 0) is 9.53 Å². The third-order valence-electron chi connectivity index (χ3n) is 5.03. The van der Waals surface area contributed by atoms with Crippen molar-refractivity contribution < 1.29 is 19.0 Å². The average Bonchev–Trinajstić information content (AvgIpc) is 3.15. The highest BCUT2D eigenvalue weighted by atomic mass is 16.7. The van der Waals surface area contributed by atoms with Crippen molar-refractivity contribution >= 4 is 11.6 Å². The van der Waals surface area contributed by atoms with Gasteiger partial charge in [-0.2, -0.15) is 0 Å². The van der Waals surface area contributed by atoms with Crippen molar-refractivity contribution in [2.75, 3.05) is 25.2 Å². The number of anilines is 1. The summed E-state index contributed by atoms with van der Waals surface area (Å²) in [5, 5.41) is 2.98. The normalized spacial score (nSPS) is 23.0. The Labute approximate surface area is 159 Å². The number of rotatable bonds is 4. The molecule has 0 aromatic heterocycles. The number of benzene rings is 2. The van der Waals surface area contributed by atoms with Gasteiger partial charge in [-0.1, -0.05) is 30.3 Å². The van der Waals surface area contributed by atoms with Gasteiger partial charge in [-0.25, -0.2) is 0 Å². The molecule has 2 aromatic rings. The number of fused-ring (bicyclic) bond motifs is 1. The summed E-state index contributed by atoms with van der Waals surface area (Å²) in [7, 11) is 0. The minimum Gasteiger partial charge on any atom is -0.454 e. The van der Waals surface area contributed by atoms with Crippen LogP contribution in [0.15, 0.2) is 48.5 Å². The second-order valence-electron chi connectivity index (χ2n) is 7.03. The number of amides is 1. The van der Waals surface area contributed by atoms with Gasteiger partial charge in [-0.3, -0.25) is 9.69 Å². The maximum absolute atomic E-state index is 12.8. The summed E-state index contributed by atoms with van der Waals surface area (Å²) >= 11 is 0. The maximum Gasteiger partial charge on any atom is 0.241 e. The highest BCUT2D eigenvalue weighted by Gasteiger charge is 2.32. The molecule has 0 spiro atoms. The fourth-order valence-electron chi connectivity index (χ4n) is 3.54. The molecule has 0 aliphatic carbocycles. The van der Waals surface area contributed by atoms with Crippen molar-refractivity contribution in [2.45, 2.75) is 32.1 Å². The van der Waals surface area contributed by atoms with Gasteiger partial charge in [0.15, 0.2) is 11.5 Å². The zero-order chi connectivity index (χ0) is 18.8. The zero-order valence-electron chi connectivity index (χ0n) is 15.6. The van der Waals surface area contributed by atoms with E-state index in [1.165, 1.54) is 0 Å². The second kappa shape index (κ2) is 7.58. The van der Waals surface area contributed by atoms with Gasteiger partial charge >= 0.3 is 0 Å². The van der Waals surface area contributed by atoms with E-state index in [0.717, 1.165) is 12.1 Å². The Kier molecular flexibility index (Phi) is 5.01. The van der Waals surface area contributed by atoms with E-state index in [2.05, 4.69) is 22.3 Å². The molecule has 6 nitrogen and oxygen atoms in total. The maximum atomic E-state index is 12.8. The SMILES string of the molecule is CC1CN(C(C)C(=O)Nc2ccc3c(c2)OCO3)CC(c2ccccc2)O1. The van der Waals surface area contributed by atoms with Gasteiger partial charge in [0.25, 0.3) is 0 Å². The summed E-state index contributed by atoms with van der Waals surface area (Å²) in [6.45, 7) is 5.60. The van der Waals surface area contributed by atoms with Crippen LogP contribution in [0.4, 0.5) is 5.69 Å². The van der Waals surface area contributed by atoms with Crippen molar-refractivity contribution in [3.8, 4) is 11.5 Å². The summed E-state index contributed by atoms with van der Waals surface area (Å²) in [5.41, 5.74) is 1.84. The Morgan fingerprint density at radius 2 is 1.89 bits per heavy atom. The first-order valence-electron chi connectivity index (χ1n) is 9.25. The molecule has 2 aromatic carbocycles. The summed E-state index contributed by atoms with van der Waals surface area (Å²) in [5.74, 6) is 1.31. The predicted molar refractivity (Wildman–Crippen MR) is 102 cm³/mol. The van der Waals surface area contributed by atoms with Crippen molar-refractivity contribution in [3.63, 3.8) is 0 Å². The molecule has 1 amide bonds. The van der Waals surface area contributed by atoms with E-state index >= 15 is 0 Å². The van der Waals surface area contributed by atoms with Gasteiger partial charge in [-0.05, 0) is 31.5 Å². The molecule has 3 atom stereocenters. The Morgan fingerprint density at radius 3 is 2.70 bits per heavy atom. The lowest BCUT2D eigenvalue weighted by molar-refractivity contribution is -0.128. The molecular formula is C21H24N2O4. The molecule has 0 bridgehead atoms. The molecule has 1 saturated heterocycles. The quantitative estimate of drug-likeness (QED) is 0.898. The number of hydrogen-bond acceptors (Lipinski definition) is 5. The van der Waals surface area contributed by atoms with E-state index in [1.54, 1.807) is 6.07 Å². The number of carbonyl (C=O) groups excluding carboxylic acids is 1. The monoisotopic (exact) mass is 368 g/mol. The smallest absolute Gasteiger partial charge is 0.241 e. The molecule has 1 N–H and O–H groups in total. The number of morpholine rings is 1. The topological polar surface area (TPSA) is 60.0 Å². The van der Waals surface area contributed by atoms with Gasteiger partial charge in [-0.15, -0.1) is 0 Å². The average molecular weight is 368 g/mol. The first-order valence-corrected chi connectivity index (χ1v) is 9.25. The van der Waals surface area contributed by atoms with Crippen LogP contribution in [0.1, 0.15) is 25.5 Å². The summed E-state index contributed by atoms with van der Waals surface area (Å²) in [4.78, 5) is 15.0. The van der Waals surface area contributed by atoms with E-state index in [4.69, 9.17) is 14.2 Å². The third-order valence-corrected chi connectivity index (χ3v) is 5.03. The van der Waals surface area contributed by atoms with E-state index in [0.29, 0.717) is 23.7 Å². The highest BCUT2D eigenvalue weighted by Crippen LogP contribution is 2.34. The van der Waals surface area contributed by atoms with Crippen LogP contribution < -0.4 is 14.8 Å². The fraction of sp³-hybridized carbons (Fsp3) is 0.381. The standard InChI is InChI=1S/C21H24N2O4/c1-14-11-23(12-20(27-14)16-6-4-3-5-7-16)15(2)21(24)22-17-8-9-18-19(10-17)26-13-25-18/h3-10,14-15,20H,11-13H2,1-2H3,(H,22,24). The fourth-order valence-corrected chi connectivity index (χ4v) is 3.54. The number of carbonyl (C=O) groups is 1. The number of nitrogens with zero attached hydrogens (tertiary/aromatic N) is 1. The lowest BCUT2D eigenvalue weighted by Crippen LogP contribution is -2.51. The number of ether oxygens (including phenoxy) is 3. The van der Waals surface area contributed by atoms with E-state index < -0.39 is 0 Å². The Hall–Kier alpha value is -2.57. The molecule has 0 radical (unpaired) electrons. The first kappa shape index (κ1) is 17.8. The molecule has 6 heteroatoms. The summed E-state index contributed by atoms with van der Waals surface area (Å²) in [6, 6.07) is 15.3. The largest absolute Gasteiger partial charge is 0.454 e. The van der Waals surface area contributed by atoms with Gasteiger partial charge < -0.3 is 19.5 Å². The van der Waals surface area contributed by atoms with Gasteiger partial charge in [0.05, 0.1) is 18.2 Å². The summed E-state index contributed by atoms with van der Waals surface area (Å²) in [6.07, 6.45) is 0.0282. The minimum atomic E-state index is -0.270. The molecule has 2 aliphatic heterocycles. The third kappa shape index (κ3) is 3.91. The molecule has 1 fully saturated rings. The van der Waals surface area contributed by atoms with Gasteiger partial charge in [0.1, 0.15) is 0 Å². The van der Waals surface area contributed by atoms with Crippen molar-refractivity contribution in [2.24, 2.45) is 0 Å². The molecule has 2 aliphatic rings. The highest BCUT2D eigenvalue weighted by molar-refractivity contribution is 5.94. The van der Waals surface area contributed by atoms with Crippen LogP contribution in [0.25, 0.3) is 0 Å². The Morgan fingerprint density at radius 1 is 1.11 bits per heavy atom. The minimum absolute atomic E-state index is 0.0317. The molecule has 142 valence electrons. The van der Waals surface area contributed by atoms with Crippen LogP contribution >= 0.6 is 0 Å². The second-order valence-corrected chi connectivity index (χ2v) is 7.03. The molecular weight excluding hydrogens is 344 g/mol. The van der Waals surface area contributed by atoms with Crippen LogP contribution in [0.3, 0.4) is 0 Å². The number of nitrogens with one attached hydrogen (secondary N) is 1. The first-order chi connectivity index (χ1) is 13.1. The lowest BCUT2D eigenvalue weighted by atomic mass is 10.1.